The molecule has 2 N–H and O–H groups in total. The van der Waals surface area contributed by atoms with Gasteiger partial charge in [-0.3, -0.25) is 9.59 Å². The van der Waals surface area contributed by atoms with E-state index in [1.54, 1.807) is 61.5 Å². The van der Waals surface area contributed by atoms with Crippen LogP contribution in [-0.4, -0.2) is 62.3 Å². The van der Waals surface area contributed by atoms with E-state index < -0.39 is 10.1 Å². The minimum Gasteiger partial charge on any atom is -0.382 e. The van der Waals surface area contributed by atoms with Crippen molar-refractivity contribution in [3.63, 3.8) is 0 Å². The molecule has 3 aromatic carbocycles. The molecule has 35 heavy (non-hydrogen) atoms. The van der Waals surface area contributed by atoms with E-state index in [0.717, 1.165) is 0 Å². The maximum atomic E-state index is 13.3. The molecule has 0 bridgehead atoms. The fraction of sp³-hybridized carbons (Fsp3) is 0.200. The predicted octanol–water partition coefficient (Wildman–Crippen LogP) is 3.92. The van der Waals surface area contributed by atoms with Crippen molar-refractivity contribution in [2.45, 2.75) is 31.7 Å². The zero-order chi connectivity index (χ0) is 24.5. The van der Waals surface area contributed by atoms with Crippen molar-refractivity contribution in [1.29, 1.82) is 0 Å². The van der Waals surface area contributed by atoms with Crippen molar-refractivity contribution in [2.24, 2.45) is 0 Å². The molecule has 0 atom stereocenters. The van der Waals surface area contributed by atoms with E-state index in [9.17, 15) is 18.0 Å². The average molecular weight is 504 g/mol. The molecule has 0 fully saturated rings. The van der Waals surface area contributed by atoms with Gasteiger partial charge in [0.1, 0.15) is 0 Å². The molecule has 3 aromatic rings. The molecule has 1 radical (unpaired) electrons. The number of aryl methyl sites for hydroxylation is 1. The molecule has 0 saturated heterocycles. The van der Waals surface area contributed by atoms with E-state index in [4.69, 9.17) is 4.89 Å². The van der Waals surface area contributed by atoms with Gasteiger partial charge in [0, 0.05) is 58.1 Å². The van der Waals surface area contributed by atoms with Gasteiger partial charge in [-0.2, -0.15) is 13.3 Å². The van der Waals surface area contributed by atoms with E-state index in [1.165, 1.54) is 6.07 Å². The Morgan fingerprint density at radius 1 is 0.829 bits per heavy atom. The number of ketones is 2. The minimum atomic E-state index is -4.14. The summed E-state index contributed by atoms with van der Waals surface area (Å²) in [4.78, 5) is 31.6. The van der Waals surface area contributed by atoms with Crippen LogP contribution >= 0.6 is 0 Å². The van der Waals surface area contributed by atoms with Crippen LogP contribution in [0.3, 0.4) is 0 Å². The Bertz CT molecular complexity index is 1390. The maximum Gasteiger partial charge on any atom is 0.323 e. The molecule has 177 valence electrons. The predicted molar refractivity (Wildman–Crippen MR) is 133 cm³/mol. The molecule has 0 amide bonds. The van der Waals surface area contributed by atoms with Gasteiger partial charge in [-0.15, -0.1) is 4.33 Å². The fourth-order valence-corrected chi connectivity index (χ4v) is 4.83. The second-order valence-electron chi connectivity index (χ2n) is 8.14. The average Bonchev–Trinajstić information content (AvgIpc) is 2.80. The Kier molecular flexibility index (Phi) is 8.53. The van der Waals surface area contributed by atoms with Crippen LogP contribution in [0.25, 0.3) is 0 Å². The van der Waals surface area contributed by atoms with E-state index in [0.29, 0.717) is 28.1 Å². The fourth-order valence-electron chi connectivity index (χ4n) is 3.87. The van der Waals surface area contributed by atoms with Crippen molar-refractivity contribution in [3.05, 3.63) is 88.5 Å². The minimum absolute atomic E-state index is 0. The summed E-state index contributed by atoms with van der Waals surface area (Å²) in [5, 5.41) is 6.08. The number of benzene rings is 3. The smallest absolute Gasteiger partial charge is 0.323 e. The van der Waals surface area contributed by atoms with Gasteiger partial charge in [-0.25, -0.2) is 0 Å². The summed E-state index contributed by atoms with van der Waals surface area (Å²) in [6.45, 7) is 5.13. The molecule has 0 aromatic heterocycles. The van der Waals surface area contributed by atoms with E-state index in [1.807, 2.05) is 13.8 Å². The zero-order valence-electron chi connectivity index (χ0n) is 19.9. The number of carbonyl (C=O) groups excluding carboxylic acids is 2. The first kappa shape index (κ1) is 27.1. The molecular formula is C25H24N2NaO6S. The monoisotopic (exact) mass is 503 g/mol. The Morgan fingerprint density at radius 3 is 1.97 bits per heavy atom. The molecule has 0 aliphatic heterocycles. The van der Waals surface area contributed by atoms with Gasteiger partial charge >= 0.3 is 10.1 Å². The first-order valence-corrected chi connectivity index (χ1v) is 12.1. The van der Waals surface area contributed by atoms with Crippen molar-refractivity contribution in [2.75, 3.05) is 17.4 Å². The van der Waals surface area contributed by atoms with Gasteiger partial charge in [0.15, 0.2) is 18.3 Å². The first-order valence-electron chi connectivity index (χ1n) is 10.7. The molecule has 0 heterocycles. The molecular weight excluding hydrogens is 479 g/mol. The summed E-state index contributed by atoms with van der Waals surface area (Å²) in [5.41, 5.74) is 2.49. The number of hydrogen-bond donors (Lipinski definition) is 2. The molecule has 1 aliphatic rings. The van der Waals surface area contributed by atoms with Gasteiger partial charge in [0.2, 0.25) is 0 Å². The van der Waals surface area contributed by atoms with Crippen molar-refractivity contribution >= 4 is 62.6 Å². The normalized spacial score (nSPS) is 12.6. The number of carbonyl (C=O) groups is 2. The van der Waals surface area contributed by atoms with Crippen LogP contribution in [0.5, 0.6) is 0 Å². The standard InChI is InChI=1S/C25H24N2O6S.Na/c1-15(2)27-20-13-12-19(22-23(20)25(29)18-10-6-5-9-17(18)24(22)28)26-14-32-33-34(30,31)21-11-7-4-8-16(21)3;/h4-13,15,26-27H,14H2,1-3H3;. The Balaban J connectivity index is 0.00000342. The van der Waals surface area contributed by atoms with Gasteiger partial charge < -0.3 is 10.6 Å². The summed E-state index contributed by atoms with van der Waals surface area (Å²) >= 11 is 0. The van der Waals surface area contributed by atoms with Crippen LogP contribution in [0.1, 0.15) is 51.3 Å². The Labute approximate surface area is 226 Å². The SMILES string of the molecule is Cc1ccccc1S(=O)(=O)OOCNc1ccc(NC(C)C)c2c1C(=O)c1ccccc1C2=O.[Na]. The summed E-state index contributed by atoms with van der Waals surface area (Å²) in [6.07, 6.45) is 0. The maximum absolute atomic E-state index is 13.3. The van der Waals surface area contributed by atoms with Gasteiger partial charge in [-0.05, 0) is 44.5 Å². The molecule has 8 nitrogen and oxygen atoms in total. The van der Waals surface area contributed by atoms with Gasteiger partial charge in [0.25, 0.3) is 0 Å². The van der Waals surface area contributed by atoms with Crippen LogP contribution in [0.2, 0.25) is 0 Å². The Hall–Kier alpha value is -2.53. The van der Waals surface area contributed by atoms with E-state index in [2.05, 4.69) is 15.0 Å². The number of rotatable bonds is 8. The third kappa shape index (κ3) is 5.50. The van der Waals surface area contributed by atoms with Crippen LogP contribution in [0.4, 0.5) is 11.4 Å². The zero-order valence-corrected chi connectivity index (χ0v) is 22.7. The molecule has 0 saturated carbocycles. The second kappa shape index (κ2) is 11.0. The summed E-state index contributed by atoms with van der Waals surface area (Å²) in [7, 11) is -4.14. The first-order chi connectivity index (χ1) is 16.2. The number of nitrogens with one attached hydrogen (secondary N) is 2. The van der Waals surface area contributed by atoms with Crippen molar-refractivity contribution in [3.8, 4) is 0 Å². The van der Waals surface area contributed by atoms with Crippen molar-refractivity contribution < 1.29 is 27.2 Å². The second-order valence-corrected chi connectivity index (χ2v) is 9.62. The Morgan fingerprint density at radius 2 is 1.37 bits per heavy atom. The largest absolute Gasteiger partial charge is 0.382 e. The summed E-state index contributed by atoms with van der Waals surface area (Å²) in [5.74, 6) is -0.579. The molecule has 10 heteroatoms. The van der Waals surface area contributed by atoms with Crippen LogP contribution < -0.4 is 10.6 Å². The third-order valence-corrected chi connectivity index (χ3v) is 6.61. The van der Waals surface area contributed by atoms with E-state index in [-0.39, 0.29) is 69.9 Å². The molecule has 1 aliphatic carbocycles. The van der Waals surface area contributed by atoms with Crippen molar-refractivity contribution in [1.82, 2.24) is 0 Å². The number of hydrogen-bond acceptors (Lipinski definition) is 8. The molecule has 0 spiro atoms. The topological polar surface area (TPSA) is 111 Å². The van der Waals surface area contributed by atoms with Gasteiger partial charge in [0.05, 0.1) is 16.0 Å². The number of fused-ring (bicyclic) bond motifs is 2. The summed E-state index contributed by atoms with van der Waals surface area (Å²) < 4.78 is 29.5. The summed E-state index contributed by atoms with van der Waals surface area (Å²) in [6, 6.07) is 16.4. The molecule has 0 unspecified atom stereocenters. The van der Waals surface area contributed by atoms with Crippen LogP contribution in [0, 0.1) is 6.92 Å². The molecule has 4 rings (SSSR count). The van der Waals surface area contributed by atoms with E-state index >= 15 is 0 Å². The number of anilines is 2. The van der Waals surface area contributed by atoms with Crippen LogP contribution in [0.15, 0.2) is 65.6 Å². The van der Waals surface area contributed by atoms with Crippen LogP contribution in [-0.2, 0) is 19.3 Å². The van der Waals surface area contributed by atoms with Gasteiger partial charge in [-0.1, -0.05) is 42.5 Å². The quantitative estimate of drug-likeness (QED) is 0.122. The third-order valence-electron chi connectivity index (χ3n) is 5.34.